The van der Waals surface area contributed by atoms with Crippen molar-refractivity contribution in [3.63, 3.8) is 0 Å². The summed E-state index contributed by atoms with van der Waals surface area (Å²) in [7, 11) is 1.61. The Morgan fingerprint density at radius 1 is 1.08 bits per heavy atom. The summed E-state index contributed by atoms with van der Waals surface area (Å²) in [5, 5.41) is 5.71. The topological polar surface area (TPSA) is 63.2 Å². The molecule has 3 aromatic rings. The fourth-order valence-corrected chi connectivity index (χ4v) is 2.33. The Bertz CT molecular complexity index is 880. The van der Waals surface area contributed by atoms with Gasteiger partial charge in [0, 0.05) is 12.7 Å². The number of carbonyl (C=O) groups is 1. The van der Waals surface area contributed by atoms with Gasteiger partial charge in [0.1, 0.15) is 17.4 Å². The van der Waals surface area contributed by atoms with Crippen molar-refractivity contribution in [1.82, 2.24) is 10.3 Å². The second-order valence-electron chi connectivity index (χ2n) is 5.57. The van der Waals surface area contributed by atoms with Crippen LogP contribution >= 0.6 is 0 Å². The fourth-order valence-electron chi connectivity index (χ4n) is 2.33. The van der Waals surface area contributed by atoms with Gasteiger partial charge in [-0.05, 0) is 42.0 Å². The summed E-state index contributed by atoms with van der Waals surface area (Å²) in [4.78, 5) is 16.4. The van der Waals surface area contributed by atoms with Gasteiger partial charge in [-0.15, -0.1) is 0 Å². The predicted molar refractivity (Wildman–Crippen MR) is 98.1 cm³/mol. The molecule has 0 aliphatic carbocycles. The number of carbonyl (C=O) groups excluding carboxylic acids is 1. The number of aromatic nitrogens is 1. The molecular formula is C20H18FN3O2. The van der Waals surface area contributed by atoms with Gasteiger partial charge in [-0.1, -0.05) is 24.3 Å². The van der Waals surface area contributed by atoms with Gasteiger partial charge in [0.25, 0.3) is 5.91 Å². The van der Waals surface area contributed by atoms with Crippen LogP contribution in [0.3, 0.4) is 0 Å². The molecule has 26 heavy (non-hydrogen) atoms. The molecule has 1 aromatic heterocycles. The first-order valence-corrected chi connectivity index (χ1v) is 8.04. The highest BCUT2D eigenvalue weighted by Crippen LogP contribution is 2.18. The van der Waals surface area contributed by atoms with E-state index in [2.05, 4.69) is 15.6 Å². The number of amides is 1. The van der Waals surface area contributed by atoms with Crippen LogP contribution < -0.4 is 15.4 Å². The number of methoxy groups -OCH3 is 1. The Balaban J connectivity index is 1.58. The number of anilines is 2. The number of rotatable bonds is 6. The van der Waals surface area contributed by atoms with E-state index in [1.54, 1.807) is 37.4 Å². The van der Waals surface area contributed by atoms with Crippen molar-refractivity contribution in [1.29, 1.82) is 0 Å². The van der Waals surface area contributed by atoms with Gasteiger partial charge in [-0.2, -0.15) is 0 Å². The van der Waals surface area contributed by atoms with E-state index < -0.39 is 0 Å². The highest BCUT2D eigenvalue weighted by molar-refractivity contribution is 5.94. The summed E-state index contributed by atoms with van der Waals surface area (Å²) < 4.78 is 18.7. The van der Waals surface area contributed by atoms with Crippen LogP contribution in [0.2, 0.25) is 0 Å². The second-order valence-corrected chi connectivity index (χ2v) is 5.57. The summed E-state index contributed by atoms with van der Waals surface area (Å²) in [6, 6.07) is 17.1. The molecule has 0 radical (unpaired) electrons. The van der Waals surface area contributed by atoms with Crippen LogP contribution in [0.1, 0.15) is 15.9 Å². The van der Waals surface area contributed by atoms with Gasteiger partial charge in [0.2, 0.25) is 0 Å². The van der Waals surface area contributed by atoms with E-state index in [0.29, 0.717) is 23.6 Å². The Morgan fingerprint density at radius 3 is 2.50 bits per heavy atom. The maximum absolute atomic E-state index is 13.6. The molecule has 2 N–H and O–H groups in total. The van der Waals surface area contributed by atoms with E-state index in [1.165, 1.54) is 12.3 Å². The summed E-state index contributed by atoms with van der Waals surface area (Å²) >= 11 is 0. The quantitative estimate of drug-likeness (QED) is 0.707. The molecule has 1 amide bonds. The van der Waals surface area contributed by atoms with Crippen molar-refractivity contribution in [3.05, 3.63) is 83.8 Å². The minimum Gasteiger partial charge on any atom is -0.497 e. The Morgan fingerprint density at radius 2 is 1.85 bits per heavy atom. The zero-order valence-corrected chi connectivity index (χ0v) is 14.2. The molecule has 0 saturated heterocycles. The fraction of sp³-hybridized carbons (Fsp3) is 0.100. The number of pyridine rings is 1. The molecule has 6 heteroatoms. The largest absolute Gasteiger partial charge is 0.497 e. The van der Waals surface area contributed by atoms with Crippen LogP contribution in [0, 0.1) is 5.82 Å². The SMILES string of the molecule is COc1ccc(CNC(=O)c2ccc(Nc3ccccc3F)nc2)cc1. The zero-order valence-electron chi connectivity index (χ0n) is 14.2. The maximum Gasteiger partial charge on any atom is 0.253 e. The van der Waals surface area contributed by atoms with E-state index in [0.717, 1.165) is 11.3 Å². The summed E-state index contributed by atoms with van der Waals surface area (Å²) in [5.41, 5.74) is 1.72. The van der Waals surface area contributed by atoms with Crippen LogP contribution in [-0.2, 0) is 6.54 Å². The van der Waals surface area contributed by atoms with Gasteiger partial charge in [0.05, 0.1) is 18.4 Å². The van der Waals surface area contributed by atoms with Gasteiger partial charge in [-0.25, -0.2) is 9.37 Å². The van der Waals surface area contributed by atoms with Crippen LogP contribution in [-0.4, -0.2) is 18.0 Å². The number of benzene rings is 2. The first-order valence-electron chi connectivity index (χ1n) is 8.04. The molecular weight excluding hydrogens is 333 g/mol. The van der Waals surface area contributed by atoms with E-state index in [9.17, 15) is 9.18 Å². The van der Waals surface area contributed by atoms with Crippen LogP contribution in [0.15, 0.2) is 66.9 Å². The lowest BCUT2D eigenvalue weighted by Crippen LogP contribution is -2.22. The maximum atomic E-state index is 13.6. The van der Waals surface area contributed by atoms with Crippen molar-refractivity contribution in [2.45, 2.75) is 6.54 Å². The van der Waals surface area contributed by atoms with Crippen molar-refractivity contribution in [3.8, 4) is 5.75 Å². The number of halogens is 1. The minimum absolute atomic E-state index is 0.231. The third-order valence-electron chi connectivity index (χ3n) is 3.77. The first kappa shape index (κ1) is 17.4. The molecule has 1 heterocycles. The molecule has 3 rings (SSSR count). The summed E-state index contributed by atoms with van der Waals surface area (Å²) in [6.45, 7) is 0.401. The Hall–Kier alpha value is -3.41. The predicted octanol–water partition coefficient (Wildman–Crippen LogP) is 3.90. The Labute approximate surface area is 150 Å². The zero-order chi connectivity index (χ0) is 18.4. The van der Waals surface area contributed by atoms with E-state index >= 15 is 0 Å². The number of hydrogen-bond acceptors (Lipinski definition) is 4. The standard InChI is InChI=1S/C20H18FN3O2/c1-26-16-9-6-14(7-10-16)12-23-20(25)15-8-11-19(22-13-15)24-18-5-3-2-4-17(18)21/h2-11,13H,12H2,1H3,(H,22,24)(H,23,25). The number of ether oxygens (including phenoxy) is 1. The first-order chi connectivity index (χ1) is 12.7. The monoisotopic (exact) mass is 351 g/mol. The van der Waals surface area contributed by atoms with E-state index in [-0.39, 0.29) is 11.7 Å². The number of nitrogens with one attached hydrogen (secondary N) is 2. The lowest BCUT2D eigenvalue weighted by Gasteiger charge is -2.08. The van der Waals surface area contributed by atoms with Gasteiger partial charge < -0.3 is 15.4 Å². The van der Waals surface area contributed by atoms with Gasteiger partial charge in [-0.3, -0.25) is 4.79 Å². The van der Waals surface area contributed by atoms with Crippen molar-refractivity contribution >= 4 is 17.4 Å². The van der Waals surface area contributed by atoms with E-state index in [4.69, 9.17) is 4.74 Å². The molecule has 0 aliphatic rings. The number of para-hydroxylation sites is 1. The van der Waals surface area contributed by atoms with Crippen molar-refractivity contribution in [2.24, 2.45) is 0 Å². The van der Waals surface area contributed by atoms with Crippen LogP contribution in [0.4, 0.5) is 15.9 Å². The third kappa shape index (κ3) is 4.36. The molecule has 5 nitrogen and oxygen atoms in total. The summed E-state index contributed by atoms with van der Waals surface area (Å²) in [5.74, 6) is 0.630. The normalized spacial score (nSPS) is 10.2. The van der Waals surface area contributed by atoms with Crippen molar-refractivity contribution in [2.75, 3.05) is 12.4 Å². The van der Waals surface area contributed by atoms with Crippen molar-refractivity contribution < 1.29 is 13.9 Å². The third-order valence-corrected chi connectivity index (χ3v) is 3.77. The van der Waals surface area contributed by atoms with E-state index in [1.807, 2.05) is 24.3 Å². The average Bonchev–Trinajstić information content (AvgIpc) is 2.69. The number of hydrogen-bond donors (Lipinski definition) is 2. The highest BCUT2D eigenvalue weighted by atomic mass is 19.1. The number of nitrogens with zero attached hydrogens (tertiary/aromatic N) is 1. The molecule has 0 aliphatic heterocycles. The lowest BCUT2D eigenvalue weighted by atomic mass is 10.2. The minimum atomic E-state index is -0.365. The molecule has 132 valence electrons. The van der Waals surface area contributed by atoms with Gasteiger partial charge in [0.15, 0.2) is 0 Å². The molecule has 2 aromatic carbocycles. The highest BCUT2D eigenvalue weighted by Gasteiger charge is 2.07. The molecule has 0 fully saturated rings. The molecule has 0 atom stereocenters. The molecule has 0 bridgehead atoms. The van der Waals surface area contributed by atoms with Crippen LogP contribution in [0.5, 0.6) is 5.75 Å². The smallest absolute Gasteiger partial charge is 0.253 e. The lowest BCUT2D eigenvalue weighted by molar-refractivity contribution is 0.0950. The second kappa shape index (κ2) is 8.11. The van der Waals surface area contributed by atoms with Crippen LogP contribution in [0.25, 0.3) is 0 Å². The molecule has 0 unspecified atom stereocenters. The van der Waals surface area contributed by atoms with Gasteiger partial charge >= 0.3 is 0 Å². The molecule has 0 saturated carbocycles. The molecule has 0 spiro atoms. The summed E-state index contributed by atoms with van der Waals surface area (Å²) in [6.07, 6.45) is 1.45. The average molecular weight is 351 g/mol. The Kier molecular flexibility index (Phi) is 5.43.